The quantitative estimate of drug-likeness (QED) is 0.313. The summed E-state index contributed by atoms with van der Waals surface area (Å²) in [6.07, 6.45) is 3.95. The van der Waals surface area contributed by atoms with Crippen molar-refractivity contribution in [2.24, 2.45) is 5.92 Å². The van der Waals surface area contributed by atoms with Gasteiger partial charge >= 0.3 is 0 Å². The number of nitrogens with zero attached hydrogens (tertiary/aromatic N) is 1. The van der Waals surface area contributed by atoms with Crippen molar-refractivity contribution in [3.05, 3.63) is 125 Å². The minimum absolute atomic E-state index is 0.236. The molecule has 4 aromatic carbocycles. The Morgan fingerprint density at radius 1 is 0.833 bits per heavy atom. The molecule has 1 spiro atoms. The Kier molecular flexibility index (Phi) is 5.97. The molecule has 3 aliphatic rings. The van der Waals surface area contributed by atoms with E-state index in [4.69, 9.17) is 9.47 Å². The summed E-state index contributed by atoms with van der Waals surface area (Å²) in [6.45, 7) is 0. The Morgan fingerprint density at radius 2 is 1.57 bits per heavy atom. The lowest BCUT2D eigenvalue weighted by atomic mass is 9.64. The van der Waals surface area contributed by atoms with Crippen molar-refractivity contribution in [2.45, 2.75) is 17.5 Å². The van der Waals surface area contributed by atoms with Gasteiger partial charge in [0.1, 0.15) is 23.0 Å². The van der Waals surface area contributed by atoms with Crippen LogP contribution in [0, 0.1) is 5.92 Å². The molecule has 1 fully saturated rings. The number of benzene rings is 4. The number of hydrogen-bond acceptors (Lipinski definition) is 6. The zero-order valence-electron chi connectivity index (χ0n) is 23.1. The number of nitrogens with one attached hydrogen (secondary N) is 1. The third-order valence-electron chi connectivity index (χ3n) is 8.82. The van der Waals surface area contributed by atoms with Gasteiger partial charge in [-0.2, -0.15) is 0 Å². The van der Waals surface area contributed by atoms with Crippen LogP contribution in [-0.4, -0.2) is 43.8 Å². The van der Waals surface area contributed by atoms with Gasteiger partial charge in [-0.05, 0) is 41.5 Å². The van der Waals surface area contributed by atoms with E-state index in [0.717, 1.165) is 11.3 Å². The van der Waals surface area contributed by atoms with E-state index in [1.807, 2.05) is 71.6 Å². The van der Waals surface area contributed by atoms with Gasteiger partial charge < -0.3 is 19.7 Å². The van der Waals surface area contributed by atoms with Crippen LogP contribution in [0.25, 0.3) is 6.08 Å². The monoisotopic (exact) mass is 556 g/mol. The van der Waals surface area contributed by atoms with E-state index in [1.54, 1.807) is 42.5 Å². The van der Waals surface area contributed by atoms with Gasteiger partial charge in [0.15, 0.2) is 11.6 Å². The van der Waals surface area contributed by atoms with Crippen molar-refractivity contribution in [3.8, 4) is 11.5 Å². The number of rotatable bonds is 6. The van der Waals surface area contributed by atoms with Gasteiger partial charge in [-0.15, -0.1) is 0 Å². The molecule has 4 aromatic rings. The van der Waals surface area contributed by atoms with Crippen LogP contribution in [0.15, 0.2) is 103 Å². The first-order chi connectivity index (χ1) is 20.5. The topological polar surface area (TPSA) is 84.9 Å². The van der Waals surface area contributed by atoms with Crippen molar-refractivity contribution in [2.75, 3.05) is 24.4 Å². The predicted molar refractivity (Wildman–Crippen MR) is 160 cm³/mol. The van der Waals surface area contributed by atoms with Gasteiger partial charge in [-0.25, -0.2) is 0 Å². The average Bonchev–Trinajstić information content (AvgIpc) is 3.52. The highest BCUT2D eigenvalue weighted by Gasteiger charge is 2.70. The number of Topliss-reactive ketones (excluding diaryl/α,β-unsaturated/α-hetero) is 2. The number of ketones is 2. The molecule has 42 heavy (non-hydrogen) atoms. The SMILES string of the molecule is COc1ccc(OC)c(C(=O)[C@@H]2[C@H](C(=O)c3ccccc3)N3c4ccccc4C=C[C@H]3[C@@]23C(=O)Nc2ccccc23)c1. The van der Waals surface area contributed by atoms with E-state index in [9.17, 15) is 9.59 Å². The summed E-state index contributed by atoms with van der Waals surface area (Å²) in [5, 5.41) is 3.05. The average molecular weight is 557 g/mol. The molecule has 7 heteroatoms. The van der Waals surface area contributed by atoms with Crippen LogP contribution < -0.4 is 19.7 Å². The smallest absolute Gasteiger partial charge is 0.238 e. The highest BCUT2D eigenvalue weighted by Crippen LogP contribution is 2.58. The zero-order chi connectivity index (χ0) is 29.0. The Balaban J connectivity index is 1.55. The molecule has 208 valence electrons. The molecule has 3 aliphatic heterocycles. The molecular weight excluding hydrogens is 528 g/mol. The molecule has 1 saturated heterocycles. The van der Waals surface area contributed by atoms with Crippen LogP contribution in [0.1, 0.15) is 31.8 Å². The van der Waals surface area contributed by atoms with Crippen molar-refractivity contribution in [1.82, 2.24) is 0 Å². The van der Waals surface area contributed by atoms with E-state index in [0.29, 0.717) is 28.3 Å². The number of fused-ring (bicyclic) bond motifs is 6. The van der Waals surface area contributed by atoms with Gasteiger partial charge in [0.2, 0.25) is 5.91 Å². The second-order valence-corrected chi connectivity index (χ2v) is 10.7. The van der Waals surface area contributed by atoms with E-state index in [1.165, 1.54) is 14.2 Å². The van der Waals surface area contributed by atoms with Crippen molar-refractivity contribution < 1.29 is 23.9 Å². The second kappa shape index (κ2) is 9.73. The lowest BCUT2D eigenvalue weighted by Crippen LogP contribution is -2.51. The Bertz CT molecular complexity index is 1780. The number of anilines is 2. The Morgan fingerprint density at radius 3 is 2.36 bits per heavy atom. The maximum Gasteiger partial charge on any atom is 0.238 e. The molecule has 0 unspecified atom stereocenters. The van der Waals surface area contributed by atoms with Gasteiger partial charge in [-0.1, -0.05) is 78.9 Å². The number of carbonyl (C=O) groups is 3. The second-order valence-electron chi connectivity index (χ2n) is 10.7. The van der Waals surface area contributed by atoms with E-state index in [-0.39, 0.29) is 23.0 Å². The van der Waals surface area contributed by atoms with Crippen molar-refractivity contribution in [1.29, 1.82) is 0 Å². The van der Waals surface area contributed by atoms with Gasteiger partial charge in [0, 0.05) is 16.9 Å². The van der Waals surface area contributed by atoms with Crippen molar-refractivity contribution in [3.63, 3.8) is 0 Å². The third-order valence-corrected chi connectivity index (χ3v) is 8.82. The fraction of sp³-hybridized carbons (Fsp3) is 0.171. The molecule has 0 saturated carbocycles. The summed E-state index contributed by atoms with van der Waals surface area (Å²) in [7, 11) is 3.02. The standard InChI is InChI=1S/C35H28N2O5/c1-41-23-17-18-28(42-2)24(20-23)33(39)30-31(32(38)22-11-4-3-5-12-22)37-27-15-9-6-10-21(27)16-19-29(37)35(30)25-13-7-8-14-26(25)36-34(35)40/h3-20,29-31H,1-2H3,(H,36,40)/t29-,30-,31+,35+/m0/s1. The first kappa shape index (κ1) is 25.8. The molecule has 0 radical (unpaired) electrons. The number of para-hydroxylation sites is 2. The summed E-state index contributed by atoms with van der Waals surface area (Å²) in [6, 6.07) is 27.6. The van der Waals surface area contributed by atoms with E-state index in [2.05, 4.69) is 5.32 Å². The molecule has 0 aromatic heterocycles. The number of carbonyl (C=O) groups excluding carboxylic acids is 3. The van der Waals surface area contributed by atoms with Crippen LogP contribution in [0.5, 0.6) is 11.5 Å². The fourth-order valence-electron chi connectivity index (χ4n) is 7.07. The number of ether oxygens (including phenoxy) is 2. The Hall–Kier alpha value is -5.17. The minimum Gasteiger partial charge on any atom is -0.497 e. The van der Waals surface area contributed by atoms with Crippen LogP contribution >= 0.6 is 0 Å². The molecule has 3 heterocycles. The minimum atomic E-state index is -1.40. The fourth-order valence-corrected chi connectivity index (χ4v) is 7.07. The summed E-state index contributed by atoms with van der Waals surface area (Å²) in [5.74, 6) is -1.21. The largest absolute Gasteiger partial charge is 0.497 e. The molecular formula is C35H28N2O5. The van der Waals surface area contributed by atoms with Gasteiger partial charge in [-0.3, -0.25) is 14.4 Å². The van der Waals surface area contributed by atoms with E-state index >= 15 is 4.79 Å². The summed E-state index contributed by atoms with van der Waals surface area (Å²) >= 11 is 0. The number of hydrogen-bond donors (Lipinski definition) is 1. The van der Waals surface area contributed by atoms with Gasteiger partial charge in [0.25, 0.3) is 0 Å². The molecule has 1 N–H and O–H groups in total. The lowest BCUT2D eigenvalue weighted by Gasteiger charge is -2.37. The first-order valence-electron chi connectivity index (χ1n) is 13.8. The van der Waals surface area contributed by atoms with Crippen LogP contribution in [0.4, 0.5) is 11.4 Å². The maximum atomic E-state index is 15.1. The lowest BCUT2D eigenvalue weighted by molar-refractivity contribution is -0.121. The van der Waals surface area contributed by atoms with Gasteiger partial charge in [0.05, 0.1) is 31.7 Å². The summed E-state index contributed by atoms with van der Waals surface area (Å²) in [4.78, 5) is 46.2. The summed E-state index contributed by atoms with van der Waals surface area (Å²) < 4.78 is 11.1. The zero-order valence-corrected chi connectivity index (χ0v) is 23.1. The van der Waals surface area contributed by atoms with Crippen LogP contribution in [0.2, 0.25) is 0 Å². The molecule has 0 aliphatic carbocycles. The molecule has 7 rings (SSSR count). The molecule has 4 atom stereocenters. The highest BCUT2D eigenvalue weighted by atomic mass is 16.5. The molecule has 1 amide bonds. The maximum absolute atomic E-state index is 15.1. The Labute approximate surface area is 243 Å². The first-order valence-corrected chi connectivity index (χ1v) is 13.8. The number of methoxy groups -OCH3 is 2. The van der Waals surface area contributed by atoms with Crippen LogP contribution in [0.3, 0.4) is 0 Å². The third kappa shape index (κ3) is 3.49. The van der Waals surface area contributed by atoms with Crippen molar-refractivity contribution >= 4 is 34.9 Å². The number of amides is 1. The predicted octanol–water partition coefficient (Wildman–Crippen LogP) is 5.56. The normalized spacial score (nSPS) is 23.1. The summed E-state index contributed by atoms with van der Waals surface area (Å²) in [5.41, 5.74) is 2.35. The van der Waals surface area contributed by atoms with E-state index < -0.39 is 23.4 Å². The molecule has 0 bridgehead atoms. The molecule has 7 nitrogen and oxygen atoms in total. The van der Waals surface area contributed by atoms with Crippen LogP contribution in [-0.2, 0) is 10.2 Å². The highest BCUT2D eigenvalue weighted by molar-refractivity contribution is 6.19.